The number of carbonyl (C=O) groups is 1. The molecule has 0 aromatic carbocycles. The maximum atomic E-state index is 12.7. The predicted octanol–water partition coefficient (Wildman–Crippen LogP) is 6.06. The average molecular weight is 733 g/mol. The molecule has 1 fully saturated rings. The van der Waals surface area contributed by atoms with Gasteiger partial charge in [0, 0.05) is 13.0 Å². The van der Waals surface area contributed by atoms with Crippen molar-refractivity contribution in [3.63, 3.8) is 0 Å². The van der Waals surface area contributed by atoms with Crippen LogP contribution in [0.15, 0.2) is 48.6 Å². The van der Waals surface area contributed by atoms with Crippen LogP contribution in [-0.2, 0) is 38.3 Å². The molecule has 1 saturated heterocycles. The molecular formula is C37H64O12S. The molecular weight excluding hydrogens is 668 g/mol. The highest BCUT2D eigenvalue weighted by atomic mass is 32.3. The Morgan fingerprint density at radius 1 is 0.780 bits per heavy atom. The number of esters is 1. The number of hydrogen-bond donors (Lipinski definition) is 4. The molecule has 0 bridgehead atoms. The summed E-state index contributed by atoms with van der Waals surface area (Å²) in [4.78, 5) is 12.7. The molecule has 0 spiro atoms. The monoisotopic (exact) mass is 732 g/mol. The van der Waals surface area contributed by atoms with E-state index in [-0.39, 0.29) is 19.6 Å². The molecule has 290 valence electrons. The number of unbranched alkanes of at least 4 members (excludes halogenated alkanes) is 9. The van der Waals surface area contributed by atoms with Crippen molar-refractivity contribution in [1.29, 1.82) is 0 Å². The van der Waals surface area contributed by atoms with Crippen molar-refractivity contribution < 1.29 is 56.2 Å². The van der Waals surface area contributed by atoms with Crippen LogP contribution in [0.3, 0.4) is 0 Å². The Balaban J connectivity index is 2.49. The van der Waals surface area contributed by atoms with Gasteiger partial charge in [-0.1, -0.05) is 107 Å². The van der Waals surface area contributed by atoms with E-state index in [1.807, 2.05) is 0 Å². The molecule has 12 nitrogen and oxygen atoms in total. The molecule has 0 aromatic heterocycles. The van der Waals surface area contributed by atoms with Gasteiger partial charge in [0.25, 0.3) is 0 Å². The quantitative estimate of drug-likeness (QED) is 0.0291. The zero-order valence-corrected chi connectivity index (χ0v) is 31.0. The Morgan fingerprint density at radius 3 is 2.02 bits per heavy atom. The van der Waals surface area contributed by atoms with Gasteiger partial charge >= 0.3 is 16.4 Å². The Kier molecular flexibility index (Phi) is 27.3. The minimum Gasteiger partial charge on any atom is -0.457 e. The summed E-state index contributed by atoms with van der Waals surface area (Å²) in [5.41, 5.74) is 0. The van der Waals surface area contributed by atoms with Gasteiger partial charge in [-0.15, -0.1) is 0 Å². The van der Waals surface area contributed by atoms with Crippen molar-refractivity contribution in [3.8, 4) is 0 Å². The summed E-state index contributed by atoms with van der Waals surface area (Å²) in [5.74, 6) is -0.429. The second-order valence-corrected chi connectivity index (χ2v) is 13.5. The van der Waals surface area contributed by atoms with Gasteiger partial charge in [0.15, 0.2) is 6.29 Å². The number of carbonyl (C=O) groups excluding carboxylic acids is 1. The van der Waals surface area contributed by atoms with E-state index >= 15 is 0 Å². The van der Waals surface area contributed by atoms with Gasteiger partial charge in [0.05, 0.1) is 19.8 Å². The maximum Gasteiger partial charge on any atom is 0.397 e. The van der Waals surface area contributed by atoms with E-state index < -0.39 is 59.8 Å². The summed E-state index contributed by atoms with van der Waals surface area (Å²) < 4.78 is 58.5. The first kappa shape index (κ1) is 46.1. The van der Waals surface area contributed by atoms with Crippen LogP contribution in [0.1, 0.15) is 117 Å². The summed E-state index contributed by atoms with van der Waals surface area (Å²) in [7, 11) is -5.06. The Morgan fingerprint density at radius 2 is 1.38 bits per heavy atom. The fourth-order valence-electron chi connectivity index (χ4n) is 5.19. The SMILES string of the molecule is CC/C=C\C/C=C\C/C=C\C/C=C\CCCCCCC(=O)OC(COCCCCCCCC)COC1OC(CO)C(O)C(OS(=O)(=O)O)C1O. The third-order valence-corrected chi connectivity index (χ3v) is 8.43. The standard InChI is InChI=1S/C37H64O12S/c1-3-5-7-9-11-12-13-14-15-16-17-18-19-20-21-22-24-26-33(39)47-31(29-45-27-25-23-10-8-6-4-2)30-46-37-35(41)36(49-50(42,43)44)34(40)32(28-38)48-37/h5,7,11-12,14-15,17-18,31-32,34-38,40-41H,3-4,6,8-10,13,16,19-30H2,1-2H3,(H,42,43,44)/b7-5-,12-11-,15-14-,18-17-. The zero-order chi connectivity index (χ0) is 36.9. The van der Waals surface area contributed by atoms with Crippen LogP contribution in [0.25, 0.3) is 0 Å². The highest BCUT2D eigenvalue weighted by molar-refractivity contribution is 7.80. The zero-order valence-electron chi connectivity index (χ0n) is 30.2. The van der Waals surface area contributed by atoms with Crippen LogP contribution in [0, 0.1) is 0 Å². The highest BCUT2D eigenvalue weighted by Crippen LogP contribution is 2.26. The molecule has 4 N–H and O–H groups in total. The van der Waals surface area contributed by atoms with Crippen molar-refractivity contribution in [3.05, 3.63) is 48.6 Å². The minimum atomic E-state index is -5.06. The van der Waals surface area contributed by atoms with Gasteiger partial charge in [0.2, 0.25) is 0 Å². The van der Waals surface area contributed by atoms with Crippen LogP contribution in [0.2, 0.25) is 0 Å². The second-order valence-electron chi connectivity index (χ2n) is 12.4. The van der Waals surface area contributed by atoms with E-state index in [2.05, 4.69) is 66.6 Å². The van der Waals surface area contributed by atoms with Crippen LogP contribution in [0.5, 0.6) is 0 Å². The summed E-state index contributed by atoms with van der Waals surface area (Å²) in [6, 6.07) is 0. The van der Waals surface area contributed by atoms with E-state index in [0.29, 0.717) is 13.0 Å². The molecule has 0 aromatic rings. The van der Waals surface area contributed by atoms with E-state index in [1.165, 1.54) is 12.8 Å². The summed E-state index contributed by atoms with van der Waals surface area (Å²) in [5, 5.41) is 30.4. The Bertz CT molecular complexity index is 1070. The molecule has 1 aliphatic rings. The van der Waals surface area contributed by atoms with Crippen LogP contribution in [0.4, 0.5) is 0 Å². The van der Waals surface area contributed by atoms with Gasteiger partial charge in [-0.2, -0.15) is 8.42 Å². The third-order valence-electron chi connectivity index (χ3n) is 7.97. The van der Waals surface area contributed by atoms with Gasteiger partial charge < -0.3 is 34.3 Å². The average Bonchev–Trinajstić information content (AvgIpc) is 3.08. The van der Waals surface area contributed by atoms with Crippen LogP contribution in [-0.4, -0.2) is 97.5 Å². The van der Waals surface area contributed by atoms with E-state index in [0.717, 1.165) is 77.0 Å². The molecule has 0 radical (unpaired) electrons. The fourth-order valence-corrected chi connectivity index (χ4v) is 5.70. The topological polar surface area (TPSA) is 178 Å². The number of ether oxygens (including phenoxy) is 4. The van der Waals surface area contributed by atoms with E-state index in [1.54, 1.807) is 0 Å². The first-order valence-corrected chi connectivity index (χ1v) is 19.8. The van der Waals surface area contributed by atoms with Crippen molar-refractivity contribution in [2.24, 2.45) is 0 Å². The maximum absolute atomic E-state index is 12.7. The molecule has 50 heavy (non-hydrogen) atoms. The lowest BCUT2D eigenvalue weighted by molar-refractivity contribution is -0.301. The largest absolute Gasteiger partial charge is 0.457 e. The summed E-state index contributed by atoms with van der Waals surface area (Å²) in [6.07, 6.45) is 23.3. The molecule has 13 heteroatoms. The number of hydrogen-bond acceptors (Lipinski definition) is 11. The minimum absolute atomic E-state index is 0.0232. The van der Waals surface area contributed by atoms with Gasteiger partial charge in [-0.3, -0.25) is 9.35 Å². The molecule has 0 amide bonds. The normalized spacial score (nSPS) is 22.4. The molecule has 6 unspecified atom stereocenters. The van der Waals surface area contributed by atoms with E-state index in [9.17, 15) is 28.5 Å². The first-order chi connectivity index (χ1) is 24.1. The Hall–Kier alpha value is -1.94. The predicted molar refractivity (Wildman–Crippen MR) is 193 cm³/mol. The number of aliphatic hydroxyl groups excluding tert-OH is 3. The lowest BCUT2D eigenvalue weighted by Crippen LogP contribution is -2.60. The van der Waals surface area contributed by atoms with Gasteiger partial charge in [-0.05, 0) is 51.4 Å². The summed E-state index contributed by atoms with van der Waals surface area (Å²) >= 11 is 0. The first-order valence-electron chi connectivity index (χ1n) is 18.4. The van der Waals surface area contributed by atoms with Crippen LogP contribution < -0.4 is 0 Å². The van der Waals surface area contributed by atoms with Gasteiger partial charge in [0.1, 0.15) is 30.5 Å². The molecule has 0 saturated carbocycles. The molecule has 1 heterocycles. The summed E-state index contributed by atoms with van der Waals surface area (Å²) in [6.45, 7) is 3.74. The molecule has 1 aliphatic heterocycles. The lowest BCUT2D eigenvalue weighted by atomic mass is 9.99. The third kappa shape index (κ3) is 23.5. The lowest BCUT2D eigenvalue weighted by Gasteiger charge is -2.41. The number of rotatable bonds is 30. The fraction of sp³-hybridized carbons (Fsp3) is 0.757. The van der Waals surface area contributed by atoms with Crippen molar-refractivity contribution in [2.75, 3.05) is 26.4 Å². The van der Waals surface area contributed by atoms with Crippen LogP contribution >= 0.6 is 0 Å². The van der Waals surface area contributed by atoms with E-state index in [4.69, 9.17) is 23.5 Å². The van der Waals surface area contributed by atoms with Crippen molar-refractivity contribution >= 4 is 16.4 Å². The van der Waals surface area contributed by atoms with Crippen molar-refractivity contribution in [2.45, 2.75) is 153 Å². The smallest absolute Gasteiger partial charge is 0.397 e. The van der Waals surface area contributed by atoms with Crippen molar-refractivity contribution in [1.82, 2.24) is 0 Å². The van der Waals surface area contributed by atoms with Gasteiger partial charge in [-0.25, -0.2) is 4.18 Å². The highest BCUT2D eigenvalue weighted by Gasteiger charge is 2.48. The Labute approximate surface area is 300 Å². The molecule has 6 atom stereocenters. The number of aliphatic hydroxyl groups is 3. The molecule has 1 rings (SSSR count). The number of allylic oxidation sites excluding steroid dienone is 8. The molecule has 0 aliphatic carbocycles. The second kappa shape index (κ2) is 29.6.